The summed E-state index contributed by atoms with van der Waals surface area (Å²) in [5.74, 6) is -1.24. The molecule has 0 spiro atoms. The van der Waals surface area contributed by atoms with E-state index in [4.69, 9.17) is 4.74 Å². The van der Waals surface area contributed by atoms with E-state index in [9.17, 15) is 14.7 Å². The lowest BCUT2D eigenvalue weighted by atomic mass is 9.96. The first-order valence-corrected chi connectivity index (χ1v) is 10.1. The number of aliphatic carboxylic acids is 1. The number of hydrogen-bond donors (Lipinski definition) is 1. The molecule has 0 bridgehead atoms. The monoisotopic (exact) mass is 412 g/mol. The number of carboxylic acids is 1. The number of ether oxygens (including phenoxy) is 1. The number of benzene rings is 1. The van der Waals surface area contributed by atoms with Crippen molar-refractivity contribution in [3.05, 3.63) is 57.7 Å². The van der Waals surface area contributed by atoms with Crippen LogP contribution in [0.3, 0.4) is 0 Å². The van der Waals surface area contributed by atoms with E-state index in [1.807, 2.05) is 37.4 Å². The molecule has 2 aromatic heterocycles. The number of carbonyl (C=O) groups is 2. The Morgan fingerprint density at radius 3 is 2.59 bits per heavy atom. The minimum absolute atomic E-state index is 0.189. The minimum Gasteiger partial charge on any atom is -0.489 e. The van der Waals surface area contributed by atoms with Crippen LogP contribution in [0, 0.1) is 13.8 Å². The zero-order valence-corrected chi connectivity index (χ0v) is 18.0. The van der Waals surface area contributed by atoms with Crippen molar-refractivity contribution >= 4 is 33.3 Å². The molecular weight excluding hydrogens is 388 g/mol. The number of rotatable bonds is 6. The molecule has 0 saturated heterocycles. The highest BCUT2D eigenvalue weighted by molar-refractivity contribution is 7.17. The molecule has 1 N–H and O–H groups in total. The summed E-state index contributed by atoms with van der Waals surface area (Å²) in [6, 6.07) is 7.49. The third kappa shape index (κ3) is 4.24. The molecule has 3 aromatic rings. The predicted octanol–water partition coefficient (Wildman–Crippen LogP) is 4.38. The van der Waals surface area contributed by atoms with E-state index in [0.717, 1.165) is 21.7 Å². The highest BCUT2D eigenvalue weighted by atomic mass is 32.1. The Morgan fingerprint density at radius 1 is 1.24 bits per heavy atom. The lowest BCUT2D eigenvalue weighted by Gasteiger charge is -2.16. The summed E-state index contributed by atoms with van der Waals surface area (Å²) in [5, 5.41) is 11.9. The quantitative estimate of drug-likeness (QED) is 0.650. The van der Waals surface area contributed by atoms with Crippen LogP contribution in [0.1, 0.15) is 45.7 Å². The Kier molecular flexibility index (Phi) is 5.88. The van der Waals surface area contributed by atoms with Crippen molar-refractivity contribution in [2.45, 2.75) is 33.3 Å². The molecule has 0 radical (unpaired) electrons. The SMILES string of the molecule is Cc1ccc(COc2cc(C(=O)N(C)C)c3c(C(C)C(=O)O)csc3c2)c(C)n1. The average molecular weight is 413 g/mol. The van der Waals surface area contributed by atoms with Gasteiger partial charge in [0.25, 0.3) is 5.91 Å². The third-order valence-corrected chi connectivity index (χ3v) is 5.83. The fourth-order valence-electron chi connectivity index (χ4n) is 3.14. The highest BCUT2D eigenvalue weighted by Crippen LogP contribution is 2.37. The number of thiophene rings is 1. The van der Waals surface area contributed by atoms with Gasteiger partial charge in [0.05, 0.1) is 11.5 Å². The van der Waals surface area contributed by atoms with Crippen LogP contribution in [-0.4, -0.2) is 41.0 Å². The van der Waals surface area contributed by atoms with Crippen LogP contribution in [0.15, 0.2) is 29.6 Å². The molecule has 1 amide bonds. The van der Waals surface area contributed by atoms with Crippen molar-refractivity contribution in [3.63, 3.8) is 0 Å². The molecule has 1 atom stereocenters. The fourth-order valence-corrected chi connectivity index (χ4v) is 4.25. The van der Waals surface area contributed by atoms with Gasteiger partial charge in [0.2, 0.25) is 0 Å². The fraction of sp³-hybridized carbons (Fsp3) is 0.318. The van der Waals surface area contributed by atoms with Crippen LogP contribution in [0.4, 0.5) is 0 Å². The predicted molar refractivity (Wildman–Crippen MR) is 114 cm³/mol. The maximum Gasteiger partial charge on any atom is 0.310 e. The number of pyridine rings is 1. The summed E-state index contributed by atoms with van der Waals surface area (Å²) in [6.45, 7) is 5.85. The molecule has 1 aromatic carbocycles. The molecule has 0 saturated carbocycles. The summed E-state index contributed by atoms with van der Waals surface area (Å²) < 4.78 is 6.82. The Morgan fingerprint density at radius 2 is 1.97 bits per heavy atom. The van der Waals surface area contributed by atoms with Crippen molar-refractivity contribution in [2.75, 3.05) is 14.1 Å². The maximum atomic E-state index is 12.8. The molecule has 3 rings (SSSR count). The van der Waals surface area contributed by atoms with Crippen LogP contribution in [-0.2, 0) is 11.4 Å². The van der Waals surface area contributed by atoms with Crippen LogP contribution < -0.4 is 4.74 Å². The molecule has 29 heavy (non-hydrogen) atoms. The molecule has 0 aliphatic carbocycles. The van der Waals surface area contributed by atoms with E-state index in [1.165, 1.54) is 16.2 Å². The molecule has 2 heterocycles. The first-order valence-electron chi connectivity index (χ1n) is 9.24. The number of nitrogens with zero attached hydrogens (tertiary/aromatic N) is 2. The Bertz CT molecular complexity index is 1090. The normalized spacial score (nSPS) is 12.0. The Hall–Kier alpha value is -2.93. The van der Waals surface area contributed by atoms with Crippen molar-refractivity contribution in [1.29, 1.82) is 0 Å². The highest BCUT2D eigenvalue weighted by Gasteiger charge is 2.24. The van der Waals surface area contributed by atoms with Crippen molar-refractivity contribution < 1.29 is 19.4 Å². The summed E-state index contributed by atoms with van der Waals surface area (Å²) in [7, 11) is 3.35. The van der Waals surface area contributed by atoms with Gasteiger partial charge in [-0.2, -0.15) is 0 Å². The molecular formula is C22H24N2O4S. The van der Waals surface area contributed by atoms with E-state index < -0.39 is 11.9 Å². The second-order valence-corrected chi connectivity index (χ2v) is 8.19. The minimum atomic E-state index is -0.921. The summed E-state index contributed by atoms with van der Waals surface area (Å²) in [5.41, 5.74) is 3.93. The van der Waals surface area contributed by atoms with E-state index in [-0.39, 0.29) is 5.91 Å². The molecule has 0 fully saturated rings. The van der Waals surface area contributed by atoms with Gasteiger partial charge in [-0.05, 0) is 49.9 Å². The van der Waals surface area contributed by atoms with Crippen LogP contribution in [0.25, 0.3) is 10.1 Å². The number of carbonyl (C=O) groups excluding carboxylic acids is 1. The number of aryl methyl sites for hydroxylation is 2. The van der Waals surface area contributed by atoms with Crippen molar-refractivity contribution in [3.8, 4) is 5.75 Å². The molecule has 7 heteroatoms. The average Bonchev–Trinajstić information content (AvgIpc) is 3.09. The summed E-state index contributed by atoms with van der Waals surface area (Å²) in [6.07, 6.45) is 0. The largest absolute Gasteiger partial charge is 0.489 e. The van der Waals surface area contributed by atoms with E-state index in [1.54, 1.807) is 27.1 Å². The number of aromatic nitrogens is 1. The number of fused-ring (bicyclic) bond motifs is 1. The van der Waals surface area contributed by atoms with Gasteiger partial charge in [-0.25, -0.2) is 0 Å². The van der Waals surface area contributed by atoms with Gasteiger partial charge in [-0.3, -0.25) is 14.6 Å². The van der Waals surface area contributed by atoms with Crippen LogP contribution in [0.2, 0.25) is 0 Å². The van der Waals surface area contributed by atoms with Gasteiger partial charge in [0, 0.05) is 41.1 Å². The van der Waals surface area contributed by atoms with Gasteiger partial charge < -0.3 is 14.7 Å². The van der Waals surface area contributed by atoms with Gasteiger partial charge in [-0.15, -0.1) is 11.3 Å². The lowest BCUT2D eigenvalue weighted by molar-refractivity contribution is -0.138. The van der Waals surface area contributed by atoms with E-state index >= 15 is 0 Å². The molecule has 0 aliphatic rings. The zero-order chi connectivity index (χ0) is 21.3. The van der Waals surface area contributed by atoms with Gasteiger partial charge >= 0.3 is 5.97 Å². The van der Waals surface area contributed by atoms with Gasteiger partial charge in [0.15, 0.2) is 0 Å². The number of hydrogen-bond acceptors (Lipinski definition) is 5. The molecule has 152 valence electrons. The number of amides is 1. The first kappa shape index (κ1) is 20.8. The summed E-state index contributed by atoms with van der Waals surface area (Å²) in [4.78, 5) is 30.3. The number of carboxylic acid groups (broad SMARTS) is 1. The van der Waals surface area contributed by atoms with Gasteiger partial charge in [-0.1, -0.05) is 6.07 Å². The molecule has 6 nitrogen and oxygen atoms in total. The summed E-state index contributed by atoms with van der Waals surface area (Å²) >= 11 is 1.42. The second kappa shape index (κ2) is 8.21. The van der Waals surface area contributed by atoms with E-state index in [0.29, 0.717) is 28.9 Å². The van der Waals surface area contributed by atoms with Crippen LogP contribution in [0.5, 0.6) is 5.75 Å². The topological polar surface area (TPSA) is 79.7 Å². The second-order valence-electron chi connectivity index (χ2n) is 7.28. The third-order valence-electron chi connectivity index (χ3n) is 4.88. The maximum absolute atomic E-state index is 12.8. The van der Waals surface area contributed by atoms with Crippen LogP contribution >= 0.6 is 11.3 Å². The van der Waals surface area contributed by atoms with E-state index in [2.05, 4.69) is 4.98 Å². The standard InChI is InChI=1S/C22H24N2O4S/c1-12-6-7-15(14(3)23-12)10-28-16-8-17(21(25)24(4)5)20-18(13(2)22(26)27)11-29-19(20)9-16/h6-9,11,13H,10H2,1-5H3,(H,26,27). The Balaban J connectivity index is 2.03. The first-order chi connectivity index (χ1) is 13.7. The lowest BCUT2D eigenvalue weighted by Crippen LogP contribution is -2.22. The van der Waals surface area contributed by atoms with Gasteiger partial charge in [0.1, 0.15) is 12.4 Å². The molecule has 1 unspecified atom stereocenters. The van der Waals surface area contributed by atoms with Crippen molar-refractivity contribution in [2.24, 2.45) is 0 Å². The molecule has 0 aliphatic heterocycles. The Labute approximate surface area is 173 Å². The zero-order valence-electron chi connectivity index (χ0n) is 17.1. The van der Waals surface area contributed by atoms with Crippen molar-refractivity contribution in [1.82, 2.24) is 9.88 Å². The smallest absolute Gasteiger partial charge is 0.310 e.